The Morgan fingerprint density at radius 1 is 0.848 bits per heavy atom. The molecule has 0 heterocycles. The van der Waals surface area contributed by atoms with Crippen LogP contribution in [-0.2, 0) is 28.8 Å². The molecule has 5 atom stereocenters. The average Bonchev–Trinajstić information content (AvgIpc) is 2.71. The summed E-state index contributed by atoms with van der Waals surface area (Å²) >= 11 is 1.45. The Bertz CT molecular complexity index is 733. The van der Waals surface area contributed by atoms with Crippen LogP contribution in [-0.4, -0.2) is 98.3 Å². The van der Waals surface area contributed by atoms with Crippen LogP contribution < -0.4 is 21.7 Å². The van der Waals surface area contributed by atoms with E-state index in [0.717, 1.165) is 0 Å². The lowest BCUT2D eigenvalue weighted by molar-refractivity contribution is -0.147. The number of amides is 3. The summed E-state index contributed by atoms with van der Waals surface area (Å²) in [7, 11) is 0. The highest BCUT2D eigenvalue weighted by Gasteiger charge is 2.33. The third-order valence-corrected chi connectivity index (χ3v) is 4.95. The van der Waals surface area contributed by atoms with Crippen LogP contribution >= 0.6 is 11.8 Å². The van der Waals surface area contributed by atoms with Gasteiger partial charge in [0.1, 0.15) is 18.1 Å². The zero-order valence-corrected chi connectivity index (χ0v) is 19.0. The van der Waals surface area contributed by atoms with Gasteiger partial charge in [0, 0.05) is 6.42 Å². The summed E-state index contributed by atoms with van der Waals surface area (Å²) in [5, 5.41) is 43.0. The van der Waals surface area contributed by atoms with Crippen LogP contribution in [0.4, 0.5) is 0 Å². The fourth-order valence-corrected chi connectivity index (χ4v) is 2.98. The molecular weight excluding hydrogens is 464 g/mol. The van der Waals surface area contributed by atoms with Crippen LogP contribution in [0.3, 0.4) is 0 Å². The average molecular weight is 495 g/mol. The number of rotatable bonds is 16. The first-order chi connectivity index (χ1) is 15.3. The molecule has 15 heteroatoms. The van der Waals surface area contributed by atoms with E-state index in [1.807, 2.05) is 11.6 Å². The van der Waals surface area contributed by atoms with Crippen molar-refractivity contribution >= 4 is 47.4 Å². The van der Waals surface area contributed by atoms with E-state index >= 15 is 0 Å². The van der Waals surface area contributed by atoms with E-state index in [2.05, 4.69) is 10.6 Å². The van der Waals surface area contributed by atoms with Crippen LogP contribution in [0.15, 0.2) is 0 Å². The largest absolute Gasteiger partial charge is 0.481 e. The summed E-state index contributed by atoms with van der Waals surface area (Å²) in [6, 6.07) is -5.94. The van der Waals surface area contributed by atoms with Crippen LogP contribution in [0.1, 0.15) is 32.6 Å². The summed E-state index contributed by atoms with van der Waals surface area (Å²) < 4.78 is 0. The number of nitrogens with one attached hydrogen (secondary N) is 3. The number of hydrogen-bond donors (Lipinski definition) is 8. The van der Waals surface area contributed by atoms with E-state index in [-0.39, 0.29) is 0 Å². The van der Waals surface area contributed by atoms with Crippen molar-refractivity contribution in [3.8, 4) is 0 Å². The predicted octanol–water partition coefficient (Wildman–Crippen LogP) is -2.67. The number of carboxylic acids is 3. The first-order valence-electron chi connectivity index (χ1n) is 9.80. The minimum atomic E-state index is -1.83. The molecule has 0 aliphatic carbocycles. The fraction of sp³-hybridized carbons (Fsp3) is 0.667. The predicted molar refractivity (Wildman–Crippen MR) is 115 cm³/mol. The van der Waals surface area contributed by atoms with E-state index < -0.39 is 85.2 Å². The molecule has 9 N–H and O–H groups in total. The van der Waals surface area contributed by atoms with Gasteiger partial charge in [-0.1, -0.05) is 0 Å². The van der Waals surface area contributed by atoms with Crippen molar-refractivity contribution in [1.29, 1.82) is 0 Å². The zero-order chi connectivity index (χ0) is 25.7. The summed E-state index contributed by atoms with van der Waals surface area (Å²) in [6.07, 6.45) is -1.35. The number of aliphatic carboxylic acids is 3. The number of hydrogen-bond acceptors (Lipinski definition) is 9. The minimum Gasteiger partial charge on any atom is -0.481 e. The third-order valence-electron chi connectivity index (χ3n) is 4.31. The molecular formula is C18H30N4O10S. The van der Waals surface area contributed by atoms with Gasteiger partial charge in [0.05, 0.1) is 18.6 Å². The van der Waals surface area contributed by atoms with Crippen molar-refractivity contribution in [3.63, 3.8) is 0 Å². The minimum absolute atomic E-state index is 0.297. The Morgan fingerprint density at radius 2 is 1.42 bits per heavy atom. The van der Waals surface area contributed by atoms with Gasteiger partial charge in [-0.15, -0.1) is 0 Å². The van der Waals surface area contributed by atoms with Crippen molar-refractivity contribution < 1.29 is 49.2 Å². The molecule has 0 aromatic rings. The molecule has 0 spiro atoms. The molecule has 0 bridgehead atoms. The number of carbonyl (C=O) groups is 6. The van der Waals surface area contributed by atoms with E-state index in [4.69, 9.17) is 21.1 Å². The maximum absolute atomic E-state index is 12.6. The maximum Gasteiger partial charge on any atom is 0.326 e. The van der Waals surface area contributed by atoms with Crippen molar-refractivity contribution in [2.24, 2.45) is 5.73 Å². The van der Waals surface area contributed by atoms with E-state index in [0.29, 0.717) is 12.2 Å². The molecule has 0 radical (unpaired) electrons. The highest BCUT2D eigenvalue weighted by molar-refractivity contribution is 7.98. The monoisotopic (exact) mass is 494 g/mol. The van der Waals surface area contributed by atoms with E-state index in [1.165, 1.54) is 18.7 Å². The molecule has 0 rings (SSSR count). The maximum atomic E-state index is 12.6. The van der Waals surface area contributed by atoms with Gasteiger partial charge in [-0.25, -0.2) is 4.79 Å². The number of thioether (sulfide) groups is 1. The molecule has 0 aromatic heterocycles. The summed E-state index contributed by atoms with van der Waals surface area (Å²) in [6.45, 7) is 1.19. The normalized spacial score (nSPS) is 15.3. The van der Waals surface area contributed by atoms with Gasteiger partial charge in [-0.3, -0.25) is 24.0 Å². The van der Waals surface area contributed by atoms with Crippen molar-refractivity contribution in [3.05, 3.63) is 0 Å². The van der Waals surface area contributed by atoms with Crippen molar-refractivity contribution in [2.75, 3.05) is 12.0 Å². The highest BCUT2D eigenvalue weighted by Crippen LogP contribution is 2.05. The zero-order valence-electron chi connectivity index (χ0n) is 18.1. The van der Waals surface area contributed by atoms with Crippen molar-refractivity contribution in [1.82, 2.24) is 16.0 Å². The smallest absolute Gasteiger partial charge is 0.326 e. The van der Waals surface area contributed by atoms with Crippen LogP contribution in [0, 0.1) is 0 Å². The fourth-order valence-electron chi connectivity index (χ4n) is 2.49. The summed E-state index contributed by atoms with van der Waals surface area (Å²) in [4.78, 5) is 70.2. The SMILES string of the molecule is CSCCC(N)C(=O)NC(C(=O)NC(CCC(=O)O)C(=O)NC(CC(=O)O)C(=O)O)C(C)O. The lowest BCUT2D eigenvalue weighted by atomic mass is 10.1. The molecule has 3 amide bonds. The second-order valence-corrected chi connectivity index (χ2v) is 8.09. The van der Waals surface area contributed by atoms with Crippen LogP contribution in [0.5, 0.6) is 0 Å². The van der Waals surface area contributed by atoms with Gasteiger partial charge in [0.2, 0.25) is 17.7 Å². The molecule has 0 saturated heterocycles. The number of nitrogens with two attached hydrogens (primary N) is 1. The Kier molecular flexibility index (Phi) is 13.7. The molecule has 0 aliphatic rings. The molecule has 0 fully saturated rings. The Hall–Kier alpha value is -2.91. The highest BCUT2D eigenvalue weighted by atomic mass is 32.2. The Labute approximate surface area is 193 Å². The first kappa shape index (κ1) is 30.1. The summed E-state index contributed by atoms with van der Waals surface area (Å²) in [5.74, 6) is -6.84. The second-order valence-electron chi connectivity index (χ2n) is 7.11. The molecule has 5 unspecified atom stereocenters. The van der Waals surface area contributed by atoms with Gasteiger partial charge < -0.3 is 42.1 Å². The molecule has 0 aromatic carbocycles. The van der Waals surface area contributed by atoms with Gasteiger partial charge >= 0.3 is 17.9 Å². The number of aliphatic hydroxyl groups is 1. The number of carboxylic acid groups (broad SMARTS) is 3. The molecule has 0 saturated carbocycles. The van der Waals surface area contributed by atoms with Gasteiger partial charge in [-0.2, -0.15) is 11.8 Å². The number of aliphatic hydroxyl groups excluding tert-OH is 1. The van der Waals surface area contributed by atoms with Crippen LogP contribution in [0.25, 0.3) is 0 Å². The number of carbonyl (C=O) groups excluding carboxylic acids is 3. The first-order valence-corrected chi connectivity index (χ1v) is 11.2. The van der Waals surface area contributed by atoms with Crippen LogP contribution in [0.2, 0.25) is 0 Å². The molecule has 33 heavy (non-hydrogen) atoms. The van der Waals surface area contributed by atoms with E-state index in [9.17, 15) is 33.9 Å². The lowest BCUT2D eigenvalue weighted by Crippen LogP contribution is -2.59. The Balaban J connectivity index is 5.47. The van der Waals surface area contributed by atoms with Gasteiger partial charge in [0.15, 0.2) is 0 Å². The topological polar surface area (TPSA) is 245 Å². The second kappa shape index (κ2) is 15.0. The van der Waals surface area contributed by atoms with Crippen molar-refractivity contribution in [2.45, 2.75) is 62.9 Å². The van der Waals surface area contributed by atoms with E-state index in [1.54, 1.807) is 0 Å². The summed E-state index contributed by atoms with van der Waals surface area (Å²) in [5.41, 5.74) is 5.73. The third kappa shape index (κ3) is 12.1. The molecule has 14 nitrogen and oxygen atoms in total. The molecule has 188 valence electrons. The van der Waals surface area contributed by atoms with Gasteiger partial charge in [-0.05, 0) is 31.8 Å². The van der Waals surface area contributed by atoms with Gasteiger partial charge in [0.25, 0.3) is 0 Å². The Morgan fingerprint density at radius 3 is 1.88 bits per heavy atom. The standard InChI is InChI=1S/C18H30N4O10S/c1-8(23)14(22-15(28)9(19)5-6-33-2)17(30)20-10(3-4-12(24)25)16(29)21-11(18(31)32)7-13(26)27/h8-11,14,23H,3-7,19H2,1-2H3,(H,20,30)(H,21,29)(H,22,28)(H,24,25)(H,26,27)(H,31,32). The lowest BCUT2D eigenvalue weighted by Gasteiger charge is -2.26. The quantitative estimate of drug-likeness (QED) is 0.109. The molecule has 0 aliphatic heterocycles.